The van der Waals surface area contributed by atoms with Crippen molar-refractivity contribution in [2.75, 3.05) is 0 Å². The Balaban J connectivity index is 2.39. The van der Waals surface area contributed by atoms with Crippen molar-refractivity contribution in [1.82, 2.24) is 9.78 Å². The minimum Gasteiger partial charge on any atom is -0.476 e. The Hall–Kier alpha value is -2.66. The van der Waals surface area contributed by atoms with E-state index in [1.165, 1.54) is 0 Å². The predicted octanol–water partition coefficient (Wildman–Crippen LogP) is 2.74. The highest BCUT2D eigenvalue weighted by Crippen LogP contribution is 2.16. The van der Waals surface area contributed by atoms with Crippen LogP contribution < -0.4 is 5.56 Å². The van der Waals surface area contributed by atoms with Crippen LogP contribution in [0.5, 0.6) is 0 Å². The van der Waals surface area contributed by atoms with Crippen LogP contribution >= 0.6 is 11.6 Å². The predicted molar refractivity (Wildman–Crippen MR) is 79.3 cm³/mol. The third kappa shape index (κ3) is 2.28. The van der Waals surface area contributed by atoms with Crippen molar-refractivity contribution < 1.29 is 9.90 Å². The lowest BCUT2D eigenvalue weighted by Crippen LogP contribution is -2.24. The van der Waals surface area contributed by atoms with E-state index in [2.05, 4.69) is 5.10 Å². The van der Waals surface area contributed by atoms with E-state index in [0.717, 1.165) is 4.68 Å². The zero-order valence-corrected chi connectivity index (χ0v) is 11.4. The standard InChI is InChI=1S/C15H9ClN2O3/c16-9-5-7-10(8-6-9)18-14(19)12-4-2-1-3-11(12)13(17-18)15(20)21/h1-8H,(H,20,21). The number of rotatable bonds is 2. The number of halogens is 1. The van der Waals surface area contributed by atoms with E-state index in [1.807, 2.05) is 0 Å². The highest BCUT2D eigenvalue weighted by atomic mass is 35.5. The second kappa shape index (κ2) is 5.03. The summed E-state index contributed by atoms with van der Waals surface area (Å²) < 4.78 is 1.07. The molecule has 5 nitrogen and oxygen atoms in total. The number of aromatic carboxylic acids is 1. The maximum atomic E-state index is 12.5. The van der Waals surface area contributed by atoms with Gasteiger partial charge >= 0.3 is 5.97 Å². The van der Waals surface area contributed by atoms with Gasteiger partial charge in [-0.25, -0.2) is 4.79 Å². The van der Waals surface area contributed by atoms with Crippen molar-refractivity contribution in [3.63, 3.8) is 0 Å². The Morgan fingerprint density at radius 1 is 1.05 bits per heavy atom. The Morgan fingerprint density at radius 2 is 1.67 bits per heavy atom. The molecule has 2 aromatic carbocycles. The van der Waals surface area contributed by atoms with E-state index in [1.54, 1.807) is 48.5 Å². The number of carboxylic acid groups (broad SMARTS) is 1. The fraction of sp³-hybridized carbons (Fsp3) is 0. The molecule has 6 heteroatoms. The molecule has 1 aromatic heterocycles. The van der Waals surface area contributed by atoms with Crippen LogP contribution in [0.3, 0.4) is 0 Å². The van der Waals surface area contributed by atoms with Gasteiger partial charge in [-0.3, -0.25) is 4.79 Å². The van der Waals surface area contributed by atoms with Crippen molar-refractivity contribution >= 4 is 28.3 Å². The number of hydrogen-bond acceptors (Lipinski definition) is 3. The van der Waals surface area contributed by atoms with E-state index in [4.69, 9.17) is 11.6 Å². The van der Waals surface area contributed by atoms with Gasteiger partial charge in [-0.1, -0.05) is 29.8 Å². The smallest absolute Gasteiger partial charge is 0.357 e. The Morgan fingerprint density at radius 3 is 2.29 bits per heavy atom. The summed E-state index contributed by atoms with van der Waals surface area (Å²) >= 11 is 5.81. The molecule has 1 N–H and O–H groups in total. The van der Waals surface area contributed by atoms with Gasteiger partial charge in [0.25, 0.3) is 5.56 Å². The van der Waals surface area contributed by atoms with E-state index in [9.17, 15) is 14.7 Å². The number of nitrogens with zero attached hydrogens (tertiary/aromatic N) is 2. The monoisotopic (exact) mass is 300 g/mol. The molecule has 0 spiro atoms. The molecule has 0 unspecified atom stereocenters. The first-order chi connectivity index (χ1) is 10.1. The number of carboxylic acids is 1. The quantitative estimate of drug-likeness (QED) is 0.790. The van der Waals surface area contributed by atoms with Gasteiger partial charge in [-0.05, 0) is 30.3 Å². The number of hydrogen-bond donors (Lipinski definition) is 1. The minimum atomic E-state index is -1.19. The van der Waals surface area contributed by atoms with Gasteiger partial charge in [0.1, 0.15) is 0 Å². The van der Waals surface area contributed by atoms with Crippen molar-refractivity contribution in [3.8, 4) is 5.69 Å². The molecule has 104 valence electrons. The molecule has 21 heavy (non-hydrogen) atoms. The minimum absolute atomic E-state index is 0.167. The maximum absolute atomic E-state index is 12.5. The number of fused-ring (bicyclic) bond motifs is 1. The fourth-order valence-corrected chi connectivity index (χ4v) is 2.23. The summed E-state index contributed by atoms with van der Waals surface area (Å²) in [7, 11) is 0. The molecule has 0 fully saturated rings. The fourth-order valence-electron chi connectivity index (χ4n) is 2.10. The molecule has 0 radical (unpaired) electrons. The molecule has 0 atom stereocenters. The van der Waals surface area contributed by atoms with E-state index in [-0.39, 0.29) is 11.3 Å². The molecule has 0 aliphatic rings. The average Bonchev–Trinajstić information content (AvgIpc) is 2.49. The third-order valence-corrected chi connectivity index (χ3v) is 3.33. The normalized spacial score (nSPS) is 10.7. The summed E-state index contributed by atoms with van der Waals surface area (Å²) in [6, 6.07) is 12.9. The molecule has 1 heterocycles. The van der Waals surface area contributed by atoms with E-state index >= 15 is 0 Å². The first kappa shape index (κ1) is 13.3. The molecule has 3 aromatic rings. The number of carbonyl (C=O) groups is 1. The Labute approximate surface area is 124 Å². The Kier molecular flexibility index (Phi) is 3.19. The van der Waals surface area contributed by atoms with Crippen LogP contribution in [0, 0.1) is 0 Å². The van der Waals surface area contributed by atoms with Gasteiger partial charge in [0, 0.05) is 10.4 Å². The van der Waals surface area contributed by atoms with Gasteiger partial charge in [-0.15, -0.1) is 0 Å². The van der Waals surface area contributed by atoms with Crippen molar-refractivity contribution in [3.05, 3.63) is 69.6 Å². The Bertz CT molecular complexity index is 901. The van der Waals surface area contributed by atoms with Crippen LogP contribution in [0.1, 0.15) is 10.5 Å². The number of benzene rings is 2. The van der Waals surface area contributed by atoms with E-state index < -0.39 is 5.97 Å². The topological polar surface area (TPSA) is 72.2 Å². The third-order valence-electron chi connectivity index (χ3n) is 3.08. The van der Waals surface area contributed by atoms with Crippen LogP contribution in [-0.4, -0.2) is 20.9 Å². The summed E-state index contributed by atoms with van der Waals surface area (Å²) in [6.07, 6.45) is 0. The zero-order chi connectivity index (χ0) is 15.0. The molecule has 0 amide bonds. The summed E-state index contributed by atoms with van der Waals surface area (Å²) in [5, 5.41) is 14.4. The van der Waals surface area contributed by atoms with Gasteiger partial charge in [-0.2, -0.15) is 9.78 Å². The zero-order valence-electron chi connectivity index (χ0n) is 10.7. The molecule has 0 bridgehead atoms. The molecular weight excluding hydrogens is 292 g/mol. The maximum Gasteiger partial charge on any atom is 0.357 e. The molecule has 0 saturated carbocycles. The molecular formula is C15H9ClN2O3. The molecule has 0 aliphatic carbocycles. The SMILES string of the molecule is O=C(O)c1nn(-c2ccc(Cl)cc2)c(=O)c2ccccc12. The lowest BCUT2D eigenvalue weighted by Gasteiger charge is -2.08. The summed E-state index contributed by atoms with van der Waals surface area (Å²) in [5.74, 6) is -1.19. The van der Waals surface area contributed by atoms with Gasteiger partial charge in [0.2, 0.25) is 0 Å². The second-order valence-corrected chi connectivity index (χ2v) is 4.83. The summed E-state index contributed by atoms with van der Waals surface area (Å²) in [5.41, 5.74) is -0.0873. The number of aromatic nitrogens is 2. The summed E-state index contributed by atoms with van der Waals surface area (Å²) in [6.45, 7) is 0. The molecule has 0 aliphatic heterocycles. The van der Waals surface area contributed by atoms with Crippen molar-refractivity contribution in [2.45, 2.75) is 0 Å². The summed E-state index contributed by atoms with van der Waals surface area (Å²) in [4.78, 5) is 23.8. The van der Waals surface area contributed by atoms with Gasteiger partial charge in [0.15, 0.2) is 5.69 Å². The lowest BCUT2D eigenvalue weighted by molar-refractivity contribution is 0.0691. The average molecular weight is 301 g/mol. The van der Waals surface area contributed by atoms with Crippen LogP contribution in [0.25, 0.3) is 16.5 Å². The largest absolute Gasteiger partial charge is 0.476 e. The highest BCUT2D eigenvalue weighted by Gasteiger charge is 2.16. The van der Waals surface area contributed by atoms with Crippen LogP contribution in [0.15, 0.2) is 53.3 Å². The second-order valence-electron chi connectivity index (χ2n) is 4.39. The van der Waals surface area contributed by atoms with Gasteiger partial charge < -0.3 is 5.11 Å². The highest BCUT2D eigenvalue weighted by molar-refractivity contribution is 6.30. The first-order valence-corrected chi connectivity index (χ1v) is 6.47. The van der Waals surface area contributed by atoms with Crippen LogP contribution in [0.2, 0.25) is 5.02 Å². The van der Waals surface area contributed by atoms with Gasteiger partial charge in [0.05, 0.1) is 11.1 Å². The van der Waals surface area contributed by atoms with Crippen molar-refractivity contribution in [2.24, 2.45) is 0 Å². The van der Waals surface area contributed by atoms with Crippen LogP contribution in [-0.2, 0) is 0 Å². The van der Waals surface area contributed by atoms with E-state index in [0.29, 0.717) is 21.5 Å². The van der Waals surface area contributed by atoms with Crippen molar-refractivity contribution in [1.29, 1.82) is 0 Å². The first-order valence-electron chi connectivity index (χ1n) is 6.09. The molecule has 0 saturated heterocycles. The van der Waals surface area contributed by atoms with Crippen LogP contribution in [0.4, 0.5) is 0 Å². The molecule has 3 rings (SSSR count). The lowest BCUT2D eigenvalue weighted by atomic mass is 10.1.